The number of hydrogen-bond acceptors (Lipinski definition) is 2. The van der Waals surface area contributed by atoms with Gasteiger partial charge in [-0.3, -0.25) is 0 Å². The van der Waals surface area contributed by atoms with Crippen LogP contribution in [0.4, 0.5) is 0 Å². The predicted molar refractivity (Wildman–Crippen MR) is 181 cm³/mol. The summed E-state index contributed by atoms with van der Waals surface area (Å²) < 4.78 is 9.32. The van der Waals surface area contributed by atoms with Gasteiger partial charge >= 0.3 is 0 Å². The molecule has 0 saturated carbocycles. The fourth-order valence-corrected chi connectivity index (χ4v) is 7.30. The summed E-state index contributed by atoms with van der Waals surface area (Å²) in [5.74, 6) is 0. The molecule has 0 atom stereocenters. The molecule has 0 radical (unpaired) electrons. The molecule has 6 aromatic carbocycles. The number of benzene rings is 6. The van der Waals surface area contributed by atoms with Crippen LogP contribution in [0, 0.1) is 0 Å². The third kappa shape index (κ3) is 3.13. The second-order valence-corrected chi connectivity index (χ2v) is 11.5. The second kappa shape index (κ2) is 8.79. The van der Waals surface area contributed by atoms with Gasteiger partial charge in [0.05, 0.1) is 28.1 Å². The Morgan fingerprint density at radius 2 is 1.20 bits per heavy atom. The lowest BCUT2D eigenvalue weighted by Gasteiger charge is -2.15. The number of pyridine rings is 1. The summed E-state index contributed by atoms with van der Waals surface area (Å²) in [7, 11) is 0. The zero-order chi connectivity index (χ0) is 28.8. The number of aromatic nitrogens is 2. The summed E-state index contributed by atoms with van der Waals surface area (Å²) in [6, 6.07) is 51.6. The van der Waals surface area contributed by atoms with E-state index in [4.69, 9.17) is 9.40 Å². The van der Waals surface area contributed by atoms with Crippen molar-refractivity contribution in [3.8, 4) is 50.5 Å². The predicted octanol–water partition coefficient (Wildman–Crippen LogP) is 11.1. The monoisotopic (exact) mass is 560 g/mol. The molecule has 0 bridgehead atoms. The highest BCUT2D eigenvalue weighted by atomic mass is 16.3. The molecular formula is C41H24N2O. The van der Waals surface area contributed by atoms with E-state index in [1.807, 2.05) is 12.1 Å². The highest BCUT2D eigenvalue weighted by Gasteiger charge is 2.29. The average Bonchev–Trinajstić information content (AvgIpc) is 3.61. The van der Waals surface area contributed by atoms with Gasteiger partial charge in [-0.25, -0.2) is 4.98 Å². The van der Waals surface area contributed by atoms with Gasteiger partial charge in [0.15, 0.2) is 0 Å². The summed E-state index contributed by atoms with van der Waals surface area (Å²) in [5, 5.41) is 4.68. The normalized spacial score (nSPS) is 12.1. The number of hydrogen-bond donors (Lipinski definition) is 0. The van der Waals surface area contributed by atoms with Crippen molar-refractivity contribution in [1.82, 2.24) is 9.55 Å². The van der Waals surface area contributed by atoms with Crippen molar-refractivity contribution in [1.29, 1.82) is 0 Å². The highest BCUT2D eigenvalue weighted by molar-refractivity contribution is 6.24. The molecule has 3 aromatic heterocycles. The minimum Gasteiger partial charge on any atom is -0.455 e. The fourth-order valence-electron chi connectivity index (χ4n) is 7.30. The van der Waals surface area contributed by atoms with E-state index < -0.39 is 0 Å². The zero-order valence-electron chi connectivity index (χ0n) is 23.7. The molecule has 204 valence electrons. The maximum atomic E-state index is 6.88. The number of rotatable bonds is 2. The van der Waals surface area contributed by atoms with Crippen LogP contribution >= 0.6 is 0 Å². The van der Waals surface area contributed by atoms with Crippen LogP contribution in [0.25, 0.3) is 94.2 Å². The number of furan rings is 1. The van der Waals surface area contributed by atoms with Gasteiger partial charge < -0.3 is 8.98 Å². The van der Waals surface area contributed by atoms with E-state index in [-0.39, 0.29) is 0 Å². The quantitative estimate of drug-likeness (QED) is 0.211. The molecule has 0 unspecified atom stereocenters. The van der Waals surface area contributed by atoms with E-state index in [0.717, 1.165) is 61.3 Å². The molecule has 1 aliphatic heterocycles. The summed E-state index contributed by atoms with van der Waals surface area (Å²) >= 11 is 0. The Kier molecular flexibility index (Phi) is 4.72. The first-order chi connectivity index (χ1) is 21.8. The van der Waals surface area contributed by atoms with Crippen molar-refractivity contribution in [3.63, 3.8) is 0 Å². The standard InChI is InChI=1S/C41H24N2O/c1-2-12-25(13-3-1)33-19-11-20-34(42-33)32-24-31-27-15-5-8-22-36(27)43-35-21-7-4-14-26(35)28-17-10-18-30(40(28)43)39(31)41-38(32)29-16-6-9-23-37(29)44-41/h1-24H. The van der Waals surface area contributed by atoms with Crippen molar-refractivity contribution >= 4 is 43.7 Å². The largest absolute Gasteiger partial charge is 0.455 e. The fraction of sp³-hybridized carbons (Fsp3) is 0. The lowest BCUT2D eigenvalue weighted by Crippen LogP contribution is -1.95. The van der Waals surface area contributed by atoms with E-state index >= 15 is 0 Å². The van der Waals surface area contributed by atoms with E-state index in [9.17, 15) is 0 Å². The molecule has 0 N–H and O–H groups in total. The van der Waals surface area contributed by atoms with E-state index in [1.165, 1.54) is 32.9 Å². The maximum absolute atomic E-state index is 6.88. The first-order valence-electron chi connectivity index (χ1n) is 15.0. The first-order valence-corrected chi connectivity index (χ1v) is 15.0. The number of fused-ring (bicyclic) bond motifs is 12. The molecular weight excluding hydrogens is 536 g/mol. The Morgan fingerprint density at radius 1 is 0.500 bits per heavy atom. The van der Waals surface area contributed by atoms with Crippen molar-refractivity contribution in [3.05, 3.63) is 146 Å². The zero-order valence-corrected chi connectivity index (χ0v) is 23.7. The Labute approximate surface area is 253 Å². The van der Waals surface area contributed by atoms with Crippen molar-refractivity contribution in [2.24, 2.45) is 0 Å². The molecule has 0 aliphatic carbocycles. The summed E-state index contributed by atoms with van der Waals surface area (Å²) in [6.07, 6.45) is 0. The molecule has 3 nitrogen and oxygen atoms in total. The van der Waals surface area contributed by atoms with E-state index in [0.29, 0.717) is 0 Å². The van der Waals surface area contributed by atoms with Crippen molar-refractivity contribution in [2.45, 2.75) is 0 Å². The number of para-hydroxylation sites is 4. The van der Waals surface area contributed by atoms with Crippen LogP contribution < -0.4 is 0 Å². The first kappa shape index (κ1) is 23.6. The van der Waals surface area contributed by atoms with Gasteiger partial charge in [-0.1, -0.05) is 109 Å². The van der Waals surface area contributed by atoms with Crippen LogP contribution in [0.5, 0.6) is 0 Å². The van der Waals surface area contributed by atoms with Crippen molar-refractivity contribution < 1.29 is 4.42 Å². The maximum Gasteiger partial charge on any atom is 0.144 e. The van der Waals surface area contributed by atoms with Gasteiger partial charge in [0.1, 0.15) is 11.2 Å². The molecule has 0 fully saturated rings. The third-order valence-corrected chi connectivity index (χ3v) is 9.14. The highest BCUT2D eigenvalue weighted by Crippen LogP contribution is 2.52. The molecule has 10 rings (SSSR count). The van der Waals surface area contributed by atoms with Gasteiger partial charge in [-0.15, -0.1) is 0 Å². The molecule has 0 amide bonds. The van der Waals surface area contributed by atoms with Gasteiger partial charge in [0.25, 0.3) is 0 Å². The molecule has 1 aliphatic rings. The second-order valence-electron chi connectivity index (χ2n) is 11.5. The summed E-state index contributed by atoms with van der Waals surface area (Å²) in [4.78, 5) is 5.24. The Balaban J connectivity index is 1.40. The van der Waals surface area contributed by atoms with E-state index in [1.54, 1.807) is 0 Å². The van der Waals surface area contributed by atoms with Gasteiger partial charge in [0, 0.05) is 49.4 Å². The molecule has 0 spiro atoms. The van der Waals surface area contributed by atoms with Crippen LogP contribution in [-0.2, 0) is 0 Å². The SMILES string of the molecule is c1ccc(-c2cccc(-c3cc4c(c5oc6ccccc6c35)-c3cccc5c6ccccc6n(c35)-c3ccccc3-4)n2)cc1. The number of nitrogens with zero attached hydrogens (tertiary/aromatic N) is 2. The van der Waals surface area contributed by atoms with Crippen LogP contribution in [0.15, 0.2) is 150 Å². The van der Waals surface area contributed by atoms with Gasteiger partial charge in [-0.05, 0) is 42.0 Å². The van der Waals surface area contributed by atoms with Crippen molar-refractivity contribution in [2.75, 3.05) is 0 Å². The molecule has 9 aromatic rings. The van der Waals surface area contributed by atoms with Crippen LogP contribution in [0.2, 0.25) is 0 Å². The minimum absolute atomic E-state index is 0.876. The average molecular weight is 561 g/mol. The van der Waals surface area contributed by atoms with Crippen LogP contribution in [0.3, 0.4) is 0 Å². The lowest BCUT2D eigenvalue weighted by molar-refractivity contribution is 0.670. The Morgan fingerprint density at radius 3 is 2.14 bits per heavy atom. The molecule has 44 heavy (non-hydrogen) atoms. The molecule has 3 heteroatoms. The summed E-state index contributed by atoms with van der Waals surface area (Å²) in [5.41, 5.74) is 14.0. The summed E-state index contributed by atoms with van der Waals surface area (Å²) in [6.45, 7) is 0. The molecule has 4 heterocycles. The van der Waals surface area contributed by atoms with Crippen LogP contribution in [0.1, 0.15) is 0 Å². The lowest BCUT2D eigenvalue weighted by atomic mass is 9.88. The van der Waals surface area contributed by atoms with Crippen LogP contribution in [-0.4, -0.2) is 9.55 Å². The molecule has 0 saturated heterocycles. The Hall–Kier alpha value is -5.93. The minimum atomic E-state index is 0.876. The topological polar surface area (TPSA) is 31.0 Å². The smallest absolute Gasteiger partial charge is 0.144 e. The van der Waals surface area contributed by atoms with E-state index in [2.05, 4.69) is 138 Å². The van der Waals surface area contributed by atoms with Gasteiger partial charge in [0.2, 0.25) is 0 Å². The third-order valence-electron chi connectivity index (χ3n) is 9.14. The Bertz CT molecular complexity index is 2610. The van der Waals surface area contributed by atoms with Gasteiger partial charge in [-0.2, -0.15) is 0 Å².